The van der Waals surface area contributed by atoms with E-state index < -0.39 is 17.7 Å². The van der Waals surface area contributed by atoms with Crippen LogP contribution < -0.4 is 4.90 Å². The molecule has 2 heterocycles. The molecule has 1 atom stereocenters. The fraction of sp³-hybridized carbons (Fsp3) is 0.250. The summed E-state index contributed by atoms with van der Waals surface area (Å²) in [5.41, 5.74) is 1.39. The van der Waals surface area contributed by atoms with Crippen LogP contribution in [0.3, 0.4) is 0 Å². The molecule has 134 valence electrons. The third-order valence-electron chi connectivity index (χ3n) is 4.23. The lowest BCUT2D eigenvalue weighted by atomic mass is 9.92. The summed E-state index contributed by atoms with van der Waals surface area (Å²) < 4.78 is 0. The van der Waals surface area contributed by atoms with Crippen LogP contribution in [0.25, 0.3) is 0 Å². The highest BCUT2D eigenvalue weighted by atomic mass is 35.5. The fourth-order valence-corrected chi connectivity index (χ4v) is 3.23. The summed E-state index contributed by atoms with van der Waals surface area (Å²) in [6, 6.07) is 9.49. The fourth-order valence-electron chi connectivity index (χ4n) is 3.10. The van der Waals surface area contributed by atoms with Crippen LogP contribution in [0, 0.1) is 5.92 Å². The first kappa shape index (κ1) is 18.1. The van der Waals surface area contributed by atoms with Gasteiger partial charge in [0, 0.05) is 29.5 Å². The summed E-state index contributed by atoms with van der Waals surface area (Å²) in [7, 11) is 0. The van der Waals surface area contributed by atoms with Crippen molar-refractivity contribution in [2.45, 2.75) is 26.3 Å². The van der Waals surface area contributed by atoms with Crippen LogP contribution in [0.1, 0.15) is 31.9 Å². The number of hydrogen-bond acceptors (Lipinski definition) is 4. The Morgan fingerprint density at radius 3 is 2.38 bits per heavy atom. The van der Waals surface area contributed by atoms with Gasteiger partial charge in [-0.1, -0.05) is 25.4 Å². The average Bonchev–Trinajstić information content (AvgIpc) is 2.88. The number of Topliss-reactive ketones (excluding diaryl/α,β-unsaturated/α-hetero) is 1. The number of aliphatic hydroxyl groups excluding tert-OH is 1. The molecule has 0 radical (unpaired) electrons. The third kappa shape index (κ3) is 3.35. The van der Waals surface area contributed by atoms with Gasteiger partial charge in [-0.2, -0.15) is 0 Å². The van der Waals surface area contributed by atoms with Crippen molar-refractivity contribution < 1.29 is 14.7 Å². The number of anilines is 1. The van der Waals surface area contributed by atoms with E-state index in [1.54, 1.807) is 48.8 Å². The van der Waals surface area contributed by atoms with Crippen LogP contribution in [0.2, 0.25) is 5.02 Å². The Morgan fingerprint density at radius 2 is 1.81 bits per heavy atom. The highest BCUT2D eigenvalue weighted by Gasteiger charge is 2.44. The van der Waals surface area contributed by atoms with Crippen LogP contribution in [0.5, 0.6) is 0 Å². The second-order valence-electron chi connectivity index (χ2n) is 6.62. The minimum absolute atomic E-state index is 0.112. The van der Waals surface area contributed by atoms with Gasteiger partial charge in [0.2, 0.25) is 0 Å². The quantitative estimate of drug-likeness (QED) is 0.854. The van der Waals surface area contributed by atoms with E-state index in [4.69, 9.17) is 11.6 Å². The Labute approximate surface area is 156 Å². The monoisotopic (exact) mass is 370 g/mol. The number of carbonyl (C=O) groups excluding carboxylic acids is 2. The summed E-state index contributed by atoms with van der Waals surface area (Å²) in [5.74, 6) is -1.21. The molecule has 26 heavy (non-hydrogen) atoms. The molecule has 1 aromatic heterocycles. The Balaban J connectivity index is 2.12. The lowest BCUT2D eigenvalue weighted by Gasteiger charge is -2.27. The van der Waals surface area contributed by atoms with Crippen LogP contribution in [-0.2, 0) is 9.59 Å². The molecule has 1 N–H and O–H groups in total. The maximum Gasteiger partial charge on any atom is 0.294 e. The summed E-state index contributed by atoms with van der Waals surface area (Å²) in [6.07, 6.45) is 3.45. The molecule has 1 unspecified atom stereocenters. The number of rotatable bonds is 5. The highest BCUT2D eigenvalue weighted by Crippen LogP contribution is 2.41. The number of hydrogen-bond donors (Lipinski definition) is 1. The second-order valence-corrected chi connectivity index (χ2v) is 7.05. The average molecular weight is 371 g/mol. The molecule has 1 aromatic carbocycles. The first-order valence-corrected chi connectivity index (χ1v) is 8.73. The Hall–Kier alpha value is -2.66. The number of carbonyl (C=O) groups is 2. The molecule has 6 heteroatoms. The first-order valence-electron chi connectivity index (χ1n) is 8.35. The van der Waals surface area contributed by atoms with Gasteiger partial charge in [-0.3, -0.25) is 19.5 Å². The summed E-state index contributed by atoms with van der Waals surface area (Å²) >= 11 is 5.95. The van der Waals surface area contributed by atoms with Gasteiger partial charge in [-0.15, -0.1) is 0 Å². The molecule has 0 fully saturated rings. The normalized spacial score (nSPS) is 17.3. The molecule has 5 nitrogen and oxygen atoms in total. The van der Waals surface area contributed by atoms with E-state index in [0.29, 0.717) is 16.3 Å². The van der Waals surface area contributed by atoms with Crippen molar-refractivity contribution in [3.05, 3.63) is 70.7 Å². The molecule has 2 aromatic rings. The van der Waals surface area contributed by atoms with Crippen molar-refractivity contribution >= 4 is 29.0 Å². The van der Waals surface area contributed by atoms with Gasteiger partial charge in [0.25, 0.3) is 5.91 Å². The zero-order valence-corrected chi connectivity index (χ0v) is 15.3. The van der Waals surface area contributed by atoms with Crippen molar-refractivity contribution in [2.24, 2.45) is 5.92 Å². The minimum atomic E-state index is -0.696. The van der Waals surface area contributed by atoms with E-state index in [2.05, 4.69) is 4.98 Å². The van der Waals surface area contributed by atoms with Gasteiger partial charge in [0.1, 0.15) is 0 Å². The maximum absolute atomic E-state index is 12.8. The van der Waals surface area contributed by atoms with Gasteiger partial charge in [0.05, 0.1) is 11.6 Å². The topological polar surface area (TPSA) is 70.5 Å². The molecular formula is C20H19ClN2O3. The molecule has 0 aliphatic carbocycles. The predicted octanol–water partition coefficient (Wildman–Crippen LogP) is 4.25. The maximum atomic E-state index is 12.8. The van der Waals surface area contributed by atoms with Gasteiger partial charge in [-0.25, -0.2) is 0 Å². The highest BCUT2D eigenvalue weighted by molar-refractivity contribution is 6.30. The second kappa shape index (κ2) is 7.30. The molecule has 1 amide bonds. The molecule has 0 saturated heterocycles. The third-order valence-corrected chi connectivity index (χ3v) is 4.48. The predicted molar refractivity (Wildman–Crippen MR) is 100 cm³/mol. The lowest BCUT2D eigenvalue weighted by molar-refractivity contribution is -0.118. The van der Waals surface area contributed by atoms with Gasteiger partial charge >= 0.3 is 0 Å². The molecule has 0 spiro atoms. The Bertz CT molecular complexity index is 860. The van der Waals surface area contributed by atoms with Crippen molar-refractivity contribution in [1.29, 1.82) is 0 Å². The molecule has 3 rings (SSSR count). The van der Waals surface area contributed by atoms with Gasteiger partial charge in [0.15, 0.2) is 11.5 Å². The number of benzene rings is 1. The number of pyridine rings is 1. The number of aromatic nitrogens is 1. The minimum Gasteiger partial charge on any atom is -0.503 e. The van der Waals surface area contributed by atoms with Crippen molar-refractivity contribution in [1.82, 2.24) is 4.98 Å². The Kier molecular flexibility index (Phi) is 5.09. The van der Waals surface area contributed by atoms with E-state index >= 15 is 0 Å². The smallest absolute Gasteiger partial charge is 0.294 e. The lowest BCUT2D eigenvalue weighted by Crippen LogP contribution is -2.31. The standard InChI is InChI=1S/C20H19ClN2O3/c1-12(2)11-16(24)17-18(13-7-9-22-10-8-13)23(20(26)19(17)25)15-5-3-14(21)4-6-15/h3-10,12,18,25H,11H2,1-2H3. The largest absolute Gasteiger partial charge is 0.503 e. The zero-order valence-electron chi connectivity index (χ0n) is 14.5. The molecule has 0 bridgehead atoms. The number of aliphatic hydroxyl groups is 1. The number of nitrogens with zero attached hydrogens (tertiary/aromatic N) is 2. The van der Waals surface area contributed by atoms with E-state index in [0.717, 1.165) is 0 Å². The zero-order chi connectivity index (χ0) is 18.8. The Morgan fingerprint density at radius 1 is 1.19 bits per heavy atom. The van der Waals surface area contributed by atoms with Crippen LogP contribution >= 0.6 is 11.6 Å². The molecular weight excluding hydrogens is 352 g/mol. The molecule has 1 aliphatic rings. The number of halogens is 1. The molecule has 0 saturated carbocycles. The number of ketones is 1. The summed E-state index contributed by atoms with van der Waals surface area (Å²) in [5, 5.41) is 11.0. The van der Waals surface area contributed by atoms with Gasteiger partial charge < -0.3 is 5.11 Å². The first-order chi connectivity index (χ1) is 12.4. The van der Waals surface area contributed by atoms with E-state index in [1.807, 2.05) is 13.8 Å². The van der Waals surface area contributed by atoms with Gasteiger partial charge in [-0.05, 0) is 47.9 Å². The van der Waals surface area contributed by atoms with E-state index in [-0.39, 0.29) is 23.7 Å². The van der Waals surface area contributed by atoms with E-state index in [9.17, 15) is 14.7 Å². The van der Waals surface area contributed by atoms with Crippen molar-refractivity contribution in [3.8, 4) is 0 Å². The molecule has 1 aliphatic heterocycles. The SMILES string of the molecule is CC(C)CC(=O)C1=C(O)C(=O)N(c2ccc(Cl)cc2)C1c1ccncc1. The van der Waals surface area contributed by atoms with Crippen LogP contribution in [0.4, 0.5) is 5.69 Å². The summed E-state index contributed by atoms with van der Waals surface area (Å²) in [6.45, 7) is 3.84. The number of amides is 1. The van der Waals surface area contributed by atoms with E-state index in [1.165, 1.54) is 4.90 Å². The van der Waals surface area contributed by atoms with Crippen molar-refractivity contribution in [3.63, 3.8) is 0 Å². The summed E-state index contributed by atoms with van der Waals surface area (Å²) in [4.78, 5) is 31.0. The van der Waals surface area contributed by atoms with Crippen molar-refractivity contribution in [2.75, 3.05) is 4.90 Å². The van der Waals surface area contributed by atoms with Crippen LogP contribution in [0.15, 0.2) is 60.1 Å². The van der Waals surface area contributed by atoms with Crippen LogP contribution in [-0.4, -0.2) is 21.8 Å².